The van der Waals surface area contributed by atoms with Gasteiger partial charge in [0.1, 0.15) is 0 Å². The maximum absolute atomic E-state index is 12.3. The first-order chi connectivity index (χ1) is 9.60. The lowest BCUT2D eigenvalue weighted by Crippen LogP contribution is -2.40. The lowest BCUT2D eigenvalue weighted by atomic mass is 9.94. The average molecular weight is 292 g/mol. The van der Waals surface area contributed by atoms with Crippen LogP contribution in [-0.4, -0.2) is 23.2 Å². The minimum absolute atomic E-state index is 0.0330. The second-order valence-corrected chi connectivity index (χ2v) is 6.84. The number of halogens is 1. The Labute approximate surface area is 123 Å². The van der Waals surface area contributed by atoms with E-state index in [1.54, 1.807) is 24.3 Å². The van der Waals surface area contributed by atoms with Gasteiger partial charge in [0.25, 0.3) is 5.91 Å². The minimum atomic E-state index is -0.133. The van der Waals surface area contributed by atoms with E-state index in [-0.39, 0.29) is 23.5 Å². The first-order valence-electron chi connectivity index (χ1n) is 7.35. The Morgan fingerprint density at radius 1 is 1.45 bits per heavy atom. The fourth-order valence-electron chi connectivity index (χ4n) is 4.88. The highest BCUT2D eigenvalue weighted by atomic mass is 35.5. The standard InChI is InChI=1S/C16H18ClNO2/c1-2-12(16-10-7-11(19)14(16)13(10)16)18-15(20)8-3-5-9(17)6-4-8/h3-6,10-14,19H,2,7H2,1H3,(H,18,20)/t10-,11-,12?,13-,14?,16+/m0/s1. The number of nitrogens with one attached hydrogen (secondary N) is 1. The number of carbonyl (C=O) groups excluding carboxylic acids is 1. The van der Waals surface area contributed by atoms with E-state index >= 15 is 0 Å². The van der Waals surface area contributed by atoms with Crippen LogP contribution in [0.25, 0.3) is 0 Å². The van der Waals surface area contributed by atoms with E-state index < -0.39 is 0 Å². The zero-order chi connectivity index (χ0) is 14.1. The summed E-state index contributed by atoms with van der Waals surface area (Å²) in [7, 11) is 0. The molecule has 20 heavy (non-hydrogen) atoms. The maximum Gasteiger partial charge on any atom is 0.251 e. The van der Waals surface area contributed by atoms with Gasteiger partial charge in [-0.3, -0.25) is 4.79 Å². The summed E-state index contributed by atoms with van der Waals surface area (Å²) in [6.45, 7) is 2.11. The molecule has 4 heteroatoms. The zero-order valence-electron chi connectivity index (χ0n) is 11.3. The van der Waals surface area contributed by atoms with Gasteiger partial charge in [-0.15, -0.1) is 0 Å². The predicted octanol–water partition coefficient (Wildman–Crippen LogP) is 2.48. The topological polar surface area (TPSA) is 49.3 Å². The normalized spacial score (nSPS) is 41.0. The van der Waals surface area contributed by atoms with Crippen LogP contribution in [0.5, 0.6) is 0 Å². The van der Waals surface area contributed by atoms with Gasteiger partial charge in [-0.1, -0.05) is 18.5 Å². The molecular weight excluding hydrogens is 274 g/mol. The molecule has 4 aliphatic carbocycles. The number of fused-ring (bicyclic) bond motifs is 1. The molecule has 0 aromatic heterocycles. The van der Waals surface area contributed by atoms with Crippen molar-refractivity contribution in [3.8, 4) is 0 Å². The van der Waals surface area contributed by atoms with Crippen LogP contribution in [0.2, 0.25) is 5.02 Å². The number of hydrogen-bond acceptors (Lipinski definition) is 2. The van der Waals surface area contributed by atoms with Crippen molar-refractivity contribution in [3.63, 3.8) is 0 Å². The van der Waals surface area contributed by atoms with Crippen molar-refractivity contribution in [2.24, 2.45) is 23.2 Å². The van der Waals surface area contributed by atoms with Crippen molar-refractivity contribution in [1.82, 2.24) is 5.32 Å². The second-order valence-electron chi connectivity index (χ2n) is 6.40. The van der Waals surface area contributed by atoms with Gasteiger partial charge in [0.2, 0.25) is 0 Å². The van der Waals surface area contributed by atoms with E-state index in [4.69, 9.17) is 11.6 Å². The van der Waals surface area contributed by atoms with Crippen LogP contribution >= 0.6 is 11.6 Å². The van der Waals surface area contributed by atoms with E-state index in [1.165, 1.54) is 0 Å². The van der Waals surface area contributed by atoms with Crippen molar-refractivity contribution in [1.29, 1.82) is 0 Å². The number of carbonyl (C=O) groups is 1. The van der Waals surface area contributed by atoms with Crippen molar-refractivity contribution >= 4 is 17.5 Å². The summed E-state index contributed by atoms with van der Waals surface area (Å²) < 4.78 is 0. The molecule has 2 unspecified atom stereocenters. The quantitative estimate of drug-likeness (QED) is 0.895. The summed E-state index contributed by atoms with van der Waals surface area (Å²) in [5.74, 6) is 1.74. The Morgan fingerprint density at radius 3 is 2.65 bits per heavy atom. The van der Waals surface area contributed by atoms with Gasteiger partial charge in [0.15, 0.2) is 0 Å². The van der Waals surface area contributed by atoms with Crippen LogP contribution in [0.3, 0.4) is 0 Å². The minimum Gasteiger partial charge on any atom is -0.393 e. The van der Waals surface area contributed by atoms with Crippen molar-refractivity contribution < 1.29 is 9.90 Å². The Kier molecular flexibility index (Phi) is 2.52. The predicted molar refractivity (Wildman–Crippen MR) is 76.5 cm³/mol. The summed E-state index contributed by atoms with van der Waals surface area (Å²) in [5.41, 5.74) is 0.881. The molecular formula is C16H18ClNO2. The molecule has 4 fully saturated rings. The molecule has 2 N–H and O–H groups in total. The SMILES string of the molecule is CCC(NC(=O)c1ccc(Cl)cc1)[C@@]12C3[C@@H]1[C@@H]2C[C@@H]3O. The first kappa shape index (κ1) is 12.7. The van der Waals surface area contributed by atoms with Crippen molar-refractivity contribution in [2.45, 2.75) is 31.9 Å². The Morgan fingerprint density at radius 2 is 2.15 bits per heavy atom. The monoisotopic (exact) mass is 291 g/mol. The Hall–Kier alpha value is -1.06. The smallest absolute Gasteiger partial charge is 0.251 e. The number of aliphatic hydroxyl groups is 1. The van der Waals surface area contributed by atoms with Crippen LogP contribution in [0, 0.1) is 23.2 Å². The molecule has 3 nitrogen and oxygen atoms in total. The van der Waals surface area contributed by atoms with E-state index in [0.717, 1.165) is 12.8 Å². The highest BCUT2D eigenvalue weighted by Crippen LogP contribution is 2.92. The number of amides is 1. The molecule has 1 aromatic rings. The molecule has 1 aromatic carbocycles. The van der Waals surface area contributed by atoms with Gasteiger partial charge in [-0.25, -0.2) is 0 Å². The van der Waals surface area contributed by atoms with Crippen LogP contribution in [0.15, 0.2) is 24.3 Å². The lowest BCUT2D eigenvalue weighted by Gasteiger charge is -2.22. The molecule has 0 saturated heterocycles. The van der Waals surface area contributed by atoms with E-state index in [1.807, 2.05) is 0 Å². The van der Waals surface area contributed by atoms with Gasteiger partial charge in [-0.2, -0.15) is 0 Å². The number of benzene rings is 1. The summed E-state index contributed by atoms with van der Waals surface area (Å²) in [6.07, 6.45) is 1.73. The van der Waals surface area contributed by atoms with Crippen LogP contribution in [-0.2, 0) is 0 Å². The highest BCUT2D eigenvalue weighted by molar-refractivity contribution is 6.30. The lowest BCUT2D eigenvalue weighted by molar-refractivity contribution is 0.0913. The van der Waals surface area contributed by atoms with E-state index in [0.29, 0.717) is 28.3 Å². The Balaban J connectivity index is 1.49. The summed E-state index contributed by atoms with van der Waals surface area (Å²) in [5, 5.41) is 13.7. The third-order valence-electron chi connectivity index (χ3n) is 5.73. The molecule has 2 bridgehead atoms. The number of hydrogen-bond donors (Lipinski definition) is 2. The first-order valence-corrected chi connectivity index (χ1v) is 7.73. The third kappa shape index (κ3) is 1.43. The molecule has 0 spiro atoms. The van der Waals surface area contributed by atoms with Crippen LogP contribution in [0.4, 0.5) is 0 Å². The van der Waals surface area contributed by atoms with Crippen molar-refractivity contribution in [3.05, 3.63) is 34.9 Å². The fraction of sp³-hybridized carbons (Fsp3) is 0.562. The van der Waals surface area contributed by atoms with E-state index in [2.05, 4.69) is 12.2 Å². The molecule has 0 radical (unpaired) electrons. The third-order valence-corrected chi connectivity index (χ3v) is 5.98. The fourth-order valence-corrected chi connectivity index (χ4v) is 5.00. The maximum atomic E-state index is 12.3. The van der Waals surface area contributed by atoms with Crippen LogP contribution < -0.4 is 5.32 Å². The molecule has 4 aliphatic rings. The van der Waals surface area contributed by atoms with Crippen LogP contribution in [0.1, 0.15) is 30.1 Å². The van der Waals surface area contributed by atoms with Gasteiger partial charge in [-0.05, 0) is 54.9 Å². The molecule has 4 saturated carbocycles. The molecule has 106 valence electrons. The van der Waals surface area contributed by atoms with Gasteiger partial charge >= 0.3 is 0 Å². The molecule has 6 atom stereocenters. The second kappa shape index (κ2) is 3.99. The van der Waals surface area contributed by atoms with Gasteiger partial charge < -0.3 is 10.4 Å². The molecule has 1 amide bonds. The zero-order valence-corrected chi connectivity index (χ0v) is 12.1. The number of aliphatic hydroxyl groups excluding tert-OH is 1. The van der Waals surface area contributed by atoms with E-state index in [9.17, 15) is 9.90 Å². The van der Waals surface area contributed by atoms with Crippen molar-refractivity contribution in [2.75, 3.05) is 0 Å². The summed E-state index contributed by atoms with van der Waals surface area (Å²) in [4.78, 5) is 12.3. The van der Waals surface area contributed by atoms with Gasteiger partial charge in [0, 0.05) is 22.0 Å². The highest BCUT2D eigenvalue weighted by Gasteiger charge is 2.93. The summed E-state index contributed by atoms with van der Waals surface area (Å²) >= 11 is 5.84. The molecule has 5 rings (SSSR count). The largest absolute Gasteiger partial charge is 0.393 e. The Bertz CT molecular complexity index is 566. The average Bonchev–Trinajstić information content (AvgIpc) is 3.20. The molecule has 0 heterocycles. The molecule has 0 aliphatic heterocycles. The number of rotatable bonds is 4. The van der Waals surface area contributed by atoms with Gasteiger partial charge in [0.05, 0.1) is 6.10 Å². The summed E-state index contributed by atoms with van der Waals surface area (Å²) in [6, 6.07) is 7.18.